The van der Waals surface area contributed by atoms with Crippen LogP contribution in [0.5, 0.6) is 5.75 Å². The summed E-state index contributed by atoms with van der Waals surface area (Å²) in [6, 6.07) is 7.00. The number of nitrogens with one attached hydrogen (secondary N) is 2. The summed E-state index contributed by atoms with van der Waals surface area (Å²) in [6.07, 6.45) is 7.21. The summed E-state index contributed by atoms with van der Waals surface area (Å²) in [7, 11) is -4.23. The summed E-state index contributed by atoms with van der Waals surface area (Å²) in [5.74, 6) is -0.246. The molecule has 0 unspecified atom stereocenters. The lowest BCUT2D eigenvalue weighted by Gasteiger charge is -2.17. The van der Waals surface area contributed by atoms with Crippen molar-refractivity contribution in [2.75, 3.05) is 11.9 Å². The second-order valence-electron chi connectivity index (χ2n) is 8.24. The quantitative estimate of drug-likeness (QED) is 0.451. The van der Waals surface area contributed by atoms with E-state index in [1.165, 1.54) is 12.1 Å². The smallest absolute Gasteiger partial charge is 0.333 e. The van der Waals surface area contributed by atoms with E-state index in [1.807, 2.05) is 4.72 Å². The van der Waals surface area contributed by atoms with Crippen molar-refractivity contribution < 1.29 is 22.3 Å². The van der Waals surface area contributed by atoms with Crippen molar-refractivity contribution in [1.82, 2.24) is 24.1 Å². The van der Waals surface area contributed by atoms with Crippen LogP contribution >= 0.6 is 0 Å². The predicted molar refractivity (Wildman–Crippen MR) is 120 cm³/mol. The number of sulfonamides is 1. The van der Waals surface area contributed by atoms with Crippen LogP contribution in [-0.4, -0.2) is 40.5 Å². The fourth-order valence-electron chi connectivity index (χ4n) is 4.10. The van der Waals surface area contributed by atoms with Gasteiger partial charge in [-0.1, -0.05) is 0 Å². The minimum atomic E-state index is -4.23. The summed E-state index contributed by atoms with van der Waals surface area (Å²) in [5, 5.41) is 10.4. The Morgan fingerprint density at radius 3 is 2.85 bits per heavy atom. The maximum Gasteiger partial charge on any atom is 0.333 e. The molecule has 2 amide bonds. The van der Waals surface area contributed by atoms with Crippen LogP contribution in [0.2, 0.25) is 0 Å². The molecule has 1 saturated carbocycles. The van der Waals surface area contributed by atoms with Crippen LogP contribution in [0, 0.1) is 5.82 Å². The number of benzene rings is 1. The van der Waals surface area contributed by atoms with Crippen LogP contribution in [0.4, 0.5) is 14.9 Å². The standard InChI is InChI=1S/C22H19FN6O4S/c23-17-12-14-6-10-33-21(14)20(19(17)13-4-8-28-16(11-13)3-7-24-28)25-22(30)27-34(31,32)18-5-9-29(26-18)15-1-2-15/h3-5,7-9,11-12,15H,1-2,6,10H2,(H2,25,27,30). The van der Waals surface area contributed by atoms with Gasteiger partial charge in [0, 0.05) is 36.1 Å². The molecule has 4 aromatic rings. The molecule has 174 valence electrons. The molecule has 1 fully saturated rings. The molecule has 10 nitrogen and oxygen atoms in total. The van der Waals surface area contributed by atoms with Gasteiger partial charge in [-0.15, -0.1) is 0 Å². The largest absolute Gasteiger partial charge is 0.491 e. The molecule has 34 heavy (non-hydrogen) atoms. The van der Waals surface area contributed by atoms with Crippen molar-refractivity contribution in [3.8, 4) is 16.9 Å². The zero-order chi connectivity index (χ0) is 23.4. The second kappa shape index (κ2) is 7.55. The summed E-state index contributed by atoms with van der Waals surface area (Å²) < 4.78 is 51.5. The number of aromatic nitrogens is 4. The van der Waals surface area contributed by atoms with Crippen molar-refractivity contribution in [2.24, 2.45) is 0 Å². The van der Waals surface area contributed by atoms with Gasteiger partial charge in [0.2, 0.25) is 0 Å². The average Bonchev–Trinajstić information content (AvgIpc) is 3.19. The van der Waals surface area contributed by atoms with Gasteiger partial charge in [0.05, 0.1) is 23.9 Å². The molecule has 0 bridgehead atoms. The van der Waals surface area contributed by atoms with Crippen LogP contribution in [0.3, 0.4) is 0 Å². The SMILES string of the molecule is O=C(Nc1c2c(cc(F)c1-c1ccn3nccc3c1)CCO2)NS(=O)(=O)c1ccn(C2CC2)n1. The molecule has 1 aliphatic heterocycles. The molecular formula is C22H19FN6O4S. The van der Waals surface area contributed by atoms with Gasteiger partial charge in [-0.3, -0.25) is 4.68 Å². The first kappa shape index (κ1) is 20.7. The second-order valence-corrected chi connectivity index (χ2v) is 9.87. The van der Waals surface area contributed by atoms with Gasteiger partial charge in [0.15, 0.2) is 5.03 Å². The van der Waals surface area contributed by atoms with E-state index in [1.54, 1.807) is 46.0 Å². The van der Waals surface area contributed by atoms with Gasteiger partial charge in [0.1, 0.15) is 11.6 Å². The van der Waals surface area contributed by atoms with Gasteiger partial charge in [0.25, 0.3) is 10.0 Å². The van der Waals surface area contributed by atoms with Crippen molar-refractivity contribution in [3.05, 3.63) is 60.3 Å². The van der Waals surface area contributed by atoms with E-state index in [0.717, 1.165) is 18.4 Å². The average molecular weight is 482 g/mol. The van der Waals surface area contributed by atoms with Gasteiger partial charge in [-0.2, -0.15) is 18.6 Å². The Bertz CT molecular complexity index is 1560. The van der Waals surface area contributed by atoms with Crippen molar-refractivity contribution in [3.63, 3.8) is 0 Å². The Hall–Kier alpha value is -3.93. The van der Waals surface area contributed by atoms with Crippen LogP contribution in [0.25, 0.3) is 16.6 Å². The van der Waals surface area contributed by atoms with Crippen LogP contribution in [0.15, 0.2) is 53.9 Å². The summed E-state index contributed by atoms with van der Waals surface area (Å²) in [5.41, 5.74) is 1.95. The first-order chi connectivity index (χ1) is 16.4. The number of hydrogen-bond donors (Lipinski definition) is 2. The number of fused-ring (bicyclic) bond motifs is 2. The van der Waals surface area contributed by atoms with E-state index < -0.39 is 21.9 Å². The van der Waals surface area contributed by atoms with E-state index in [4.69, 9.17) is 4.74 Å². The molecule has 0 saturated heterocycles. The number of carbonyl (C=O) groups is 1. The monoisotopic (exact) mass is 482 g/mol. The van der Waals surface area contributed by atoms with E-state index >= 15 is 4.39 Å². The molecule has 2 N–H and O–H groups in total. The fraction of sp³-hybridized carbons (Fsp3) is 0.227. The minimum Gasteiger partial charge on any atom is -0.491 e. The lowest BCUT2D eigenvalue weighted by atomic mass is 9.99. The number of halogens is 1. The number of urea groups is 1. The number of rotatable bonds is 5. The van der Waals surface area contributed by atoms with Crippen molar-refractivity contribution in [1.29, 1.82) is 0 Å². The Morgan fingerprint density at radius 2 is 2.03 bits per heavy atom. The van der Waals surface area contributed by atoms with E-state index in [9.17, 15) is 13.2 Å². The molecule has 4 heterocycles. The van der Waals surface area contributed by atoms with Crippen molar-refractivity contribution in [2.45, 2.75) is 30.3 Å². The molecule has 2 aliphatic rings. The molecule has 3 aromatic heterocycles. The summed E-state index contributed by atoms with van der Waals surface area (Å²) >= 11 is 0. The molecule has 0 radical (unpaired) electrons. The fourth-order valence-corrected chi connectivity index (χ4v) is 4.94. The Balaban J connectivity index is 1.35. The topological polar surface area (TPSA) is 120 Å². The molecule has 1 aromatic carbocycles. The van der Waals surface area contributed by atoms with E-state index in [-0.39, 0.29) is 22.3 Å². The number of anilines is 1. The molecule has 0 spiro atoms. The summed E-state index contributed by atoms with van der Waals surface area (Å²) in [6.45, 7) is 0.326. The highest BCUT2D eigenvalue weighted by molar-refractivity contribution is 7.90. The van der Waals surface area contributed by atoms with Gasteiger partial charge >= 0.3 is 6.03 Å². The Labute approximate surface area is 193 Å². The number of nitrogens with zero attached hydrogens (tertiary/aromatic N) is 4. The van der Waals surface area contributed by atoms with Gasteiger partial charge in [-0.05, 0) is 48.7 Å². The van der Waals surface area contributed by atoms with Gasteiger partial charge in [-0.25, -0.2) is 18.4 Å². The lowest BCUT2D eigenvalue weighted by Crippen LogP contribution is -2.35. The minimum absolute atomic E-state index is 0.0626. The number of ether oxygens (including phenoxy) is 1. The maximum absolute atomic E-state index is 15.3. The zero-order valence-electron chi connectivity index (χ0n) is 17.7. The van der Waals surface area contributed by atoms with E-state index in [0.29, 0.717) is 29.9 Å². The van der Waals surface area contributed by atoms with Crippen LogP contribution in [0.1, 0.15) is 24.4 Å². The van der Waals surface area contributed by atoms with E-state index in [2.05, 4.69) is 15.5 Å². The normalized spacial score (nSPS) is 15.2. The molecule has 12 heteroatoms. The number of hydrogen-bond acceptors (Lipinski definition) is 6. The van der Waals surface area contributed by atoms with Crippen LogP contribution in [-0.2, 0) is 16.4 Å². The third kappa shape index (κ3) is 3.55. The highest BCUT2D eigenvalue weighted by Crippen LogP contribution is 2.43. The predicted octanol–water partition coefficient (Wildman–Crippen LogP) is 3.12. The maximum atomic E-state index is 15.3. The zero-order valence-corrected chi connectivity index (χ0v) is 18.5. The lowest BCUT2D eigenvalue weighted by molar-refractivity contribution is 0.256. The Morgan fingerprint density at radius 1 is 1.18 bits per heavy atom. The van der Waals surface area contributed by atoms with Crippen LogP contribution < -0.4 is 14.8 Å². The third-order valence-corrected chi connectivity index (χ3v) is 7.08. The number of pyridine rings is 1. The third-order valence-electron chi connectivity index (χ3n) is 5.86. The summed E-state index contributed by atoms with van der Waals surface area (Å²) in [4.78, 5) is 12.8. The highest BCUT2D eigenvalue weighted by atomic mass is 32.2. The molecule has 1 aliphatic carbocycles. The number of carbonyl (C=O) groups excluding carboxylic acids is 1. The first-order valence-corrected chi connectivity index (χ1v) is 12.2. The van der Waals surface area contributed by atoms with Gasteiger partial charge < -0.3 is 10.1 Å². The molecule has 0 atom stereocenters. The molecular weight excluding hydrogens is 463 g/mol. The van der Waals surface area contributed by atoms with Crippen molar-refractivity contribution >= 4 is 27.3 Å². The highest BCUT2D eigenvalue weighted by Gasteiger charge is 2.29. The Kier molecular flexibility index (Phi) is 4.59. The first-order valence-electron chi connectivity index (χ1n) is 10.7. The molecule has 6 rings (SSSR count). The number of amides is 2.